The van der Waals surface area contributed by atoms with Gasteiger partial charge < -0.3 is 0 Å². The van der Waals surface area contributed by atoms with Crippen molar-refractivity contribution in [2.24, 2.45) is 0 Å². The van der Waals surface area contributed by atoms with Crippen molar-refractivity contribution < 1.29 is 5.11 Å². The first-order valence-electron chi connectivity index (χ1n) is 8.19. The van der Waals surface area contributed by atoms with Crippen LogP contribution < -0.4 is 4.46 Å². The van der Waals surface area contributed by atoms with E-state index in [0.29, 0.717) is 15.0 Å². The van der Waals surface area contributed by atoms with Crippen molar-refractivity contribution in [2.45, 2.75) is 75.1 Å². The molecule has 0 aromatic heterocycles. The molecule has 1 nitrogen and oxygen atoms in total. The fourth-order valence-corrected chi connectivity index (χ4v) is 6.39. The fourth-order valence-electron chi connectivity index (χ4n) is 3.23. The Bertz CT molecular complexity index is 370. The van der Waals surface area contributed by atoms with Crippen LogP contribution >= 0.6 is 0 Å². The average molecular weight is 339 g/mol. The Hall–Kier alpha value is -0.301. The van der Waals surface area contributed by atoms with Crippen LogP contribution in [0, 0.1) is 0 Å². The number of aliphatic hydroxyl groups excluding tert-OH is 1. The number of hydrogen-bond donors (Lipinski definition) is 1. The van der Waals surface area contributed by atoms with Crippen molar-refractivity contribution >= 4 is 19.4 Å². The summed E-state index contributed by atoms with van der Waals surface area (Å²) in [5.74, 6) is 0. The van der Waals surface area contributed by atoms with E-state index in [9.17, 15) is 5.11 Å². The second-order valence-corrected chi connectivity index (χ2v) is 9.18. The van der Waals surface area contributed by atoms with Crippen molar-refractivity contribution in [3.63, 3.8) is 0 Å². The van der Waals surface area contributed by atoms with Gasteiger partial charge in [-0.05, 0) is 0 Å². The van der Waals surface area contributed by atoms with E-state index in [1.54, 1.807) is 0 Å². The van der Waals surface area contributed by atoms with E-state index in [-0.39, 0.29) is 10.4 Å². The first-order chi connectivity index (χ1) is 9.77. The van der Waals surface area contributed by atoms with Gasteiger partial charge in [-0.1, -0.05) is 0 Å². The van der Waals surface area contributed by atoms with Crippen LogP contribution in [0.25, 0.3) is 0 Å². The zero-order chi connectivity index (χ0) is 14.3. The molecule has 1 fully saturated rings. The molecule has 112 valence electrons. The van der Waals surface area contributed by atoms with Crippen LogP contribution in [0.1, 0.15) is 64.7 Å². The third kappa shape index (κ3) is 4.35. The standard InChI is InChI=1S/C18H28OSe/c1-2-3-6-13-17(19)18(14-9-5-10-15-18)20-16-11-7-4-8-12-16/h4,7-8,11-12,17,19H,2-3,5-6,9-10,13-15H2,1H3. The van der Waals surface area contributed by atoms with E-state index in [0.717, 1.165) is 6.42 Å². The molecule has 0 amide bonds. The van der Waals surface area contributed by atoms with Crippen LogP contribution in [0.2, 0.25) is 4.31 Å². The maximum absolute atomic E-state index is 10.8. The van der Waals surface area contributed by atoms with E-state index in [1.165, 1.54) is 55.8 Å². The molecule has 1 aliphatic carbocycles. The van der Waals surface area contributed by atoms with Crippen LogP contribution in [0.15, 0.2) is 30.3 Å². The molecular formula is C18H28OSe. The summed E-state index contributed by atoms with van der Waals surface area (Å²) in [5.41, 5.74) is 0. The molecule has 1 unspecified atom stereocenters. The Balaban J connectivity index is 2.04. The summed E-state index contributed by atoms with van der Waals surface area (Å²) in [6.45, 7) is 2.23. The van der Waals surface area contributed by atoms with Crippen LogP contribution in [0.3, 0.4) is 0 Å². The van der Waals surface area contributed by atoms with Gasteiger partial charge in [-0.2, -0.15) is 0 Å². The van der Waals surface area contributed by atoms with Gasteiger partial charge in [-0.25, -0.2) is 0 Å². The summed E-state index contributed by atoms with van der Waals surface area (Å²) in [7, 11) is 0. The molecule has 2 rings (SSSR count). The molecule has 0 bridgehead atoms. The number of hydrogen-bond acceptors (Lipinski definition) is 1. The molecule has 2 heteroatoms. The summed E-state index contributed by atoms with van der Waals surface area (Å²) in [5, 5.41) is 10.8. The number of rotatable bonds is 7. The molecule has 1 N–H and O–H groups in total. The minimum absolute atomic E-state index is 0.0884. The van der Waals surface area contributed by atoms with Gasteiger partial charge in [0.05, 0.1) is 0 Å². The van der Waals surface area contributed by atoms with Crippen molar-refractivity contribution in [1.82, 2.24) is 0 Å². The Kier molecular flexibility index (Phi) is 6.61. The molecule has 0 spiro atoms. The predicted octanol–water partition coefficient (Wildman–Crippen LogP) is 4.08. The molecule has 0 radical (unpaired) electrons. The van der Waals surface area contributed by atoms with Gasteiger partial charge in [0.25, 0.3) is 0 Å². The van der Waals surface area contributed by atoms with Crippen LogP contribution in [0.4, 0.5) is 0 Å². The van der Waals surface area contributed by atoms with E-state index in [1.807, 2.05) is 0 Å². The summed E-state index contributed by atoms with van der Waals surface area (Å²) >= 11 is 0.403. The van der Waals surface area contributed by atoms with Gasteiger partial charge in [0.2, 0.25) is 0 Å². The molecular weight excluding hydrogens is 311 g/mol. The van der Waals surface area contributed by atoms with Crippen molar-refractivity contribution in [3.05, 3.63) is 30.3 Å². The van der Waals surface area contributed by atoms with E-state index in [4.69, 9.17) is 0 Å². The fraction of sp³-hybridized carbons (Fsp3) is 0.667. The molecule has 0 saturated heterocycles. The Morgan fingerprint density at radius 3 is 2.45 bits per heavy atom. The minimum atomic E-state index is -0.0884. The summed E-state index contributed by atoms with van der Waals surface area (Å²) in [6.07, 6.45) is 11.0. The molecule has 1 aliphatic rings. The summed E-state index contributed by atoms with van der Waals surface area (Å²) in [4.78, 5) is 0. The second-order valence-electron chi connectivity index (χ2n) is 6.05. The third-order valence-electron chi connectivity index (χ3n) is 4.45. The topological polar surface area (TPSA) is 20.2 Å². The SMILES string of the molecule is CCCCCC(O)C1([Se]c2ccccc2)CCCCC1. The monoisotopic (exact) mass is 340 g/mol. The van der Waals surface area contributed by atoms with Gasteiger partial charge >= 0.3 is 130 Å². The zero-order valence-electron chi connectivity index (χ0n) is 12.7. The Morgan fingerprint density at radius 1 is 1.10 bits per heavy atom. The Labute approximate surface area is 130 Å². The van der Waals surface area contributed by atoms with Gasteiger partial charge in [0, 0.05) is 0 Å². The number of benzene rings is 1. The number of unbranched alkanes of at least 4 members (excludes halogenated alkanes) is 2. The van der Waals surface area contributed by atoms with Gasteiger partial charge in [0.15, 0.2) is 0 Å². The molecule has 1 atom stereocenters. The van der Waals surface area contributed by atoms with Gasteiger partial charge in [0.1, 0.15) is 0 Å². The van der Waals surface area contributed by atoms with Gasteiger partial charge in [-0.3, -0.25) is 0 Å². The predicted molar refractivity (Wildman–Crippen MR) is 87.8 cm³/mol. The second kappa shape index (κ2) is 8.22. The average Bonchev–Trinajstić information content (AvgIpc) is 2.49. The first-order valence-corrected chi connectivity index (χ1v) is 9.90. The quantitative estimate of drug-likeness (QED) is 0.586. The van der Waals surface area contributed by atoms with Crippen molar-refractivity contribution in [2.75, 3.05) is 0 Å². The van der Waals surface area contributed by atoms with E-state index < -0.39 is 0 Å². The van der Waals surface area contributed by atoms with E-state index >= 15 is 0 Å². The first kappa shape index (κ1) is 16.1. The Morgan fingerprint density at radius 2 is 1.80 bits per heavy atom. The number of aliphatic hydroxyl groups is 1. The van der Waals surface area contributed by atoms with Crippen LogP contribution in [-0.4, -0.2) is 26.2 Å². The summed E-state index contributed by atoms with van der Waals surface area (Å²) < 4.78 is 1.66. The molecule has 0 heterocycles. The molecule has 20 heavy (non-hydrogen) atoms. The normalized spacial score (nSPS) is 19.7. The van der Waals surface area contributed by atoms with E-state index in [2.05, 4.69) is 37.3 Å². The third-order valence-corrected chi connectivity index (χ3v) is 7.80. The van der Waals surface area contributed by atoms with Crippen molar-refractivity contribution in [3.8, 4) is 0 Å². The van der Waals surface area contributed by atoms with Gasteiger partial charge in [-0.15, -0.1) is 0 Å². The molecule has 1 saturated carbocycles. The molecule has 1 aromatic rings. The molecule has 0 aliphatic heterocycles. The van der Waals surface area contributed by atoms with Crippen LogP contribution in [0.5, 0.6) is 0 Å². The molecule has 1 aromatic carbocycles. The summed E-state index contributed by atoms with van der Waals surface area (Å²) in [6, 6.07) is 10.9. The van der Waals surface area contributed by atoms with Crippen LogP contribution in [-0.2, 0) is 0 Å². The zero-order valence-corrected chi connectivity index (χ0v) is 14.4. The van der Waals surface area contributed by atoms with Crippen molar-refractivity contribution in [1.29, 1.82) is 0 Å². The maximum atomic E-state index is 10.8.